The molecule has 0 atom stereocenters. The van der Waals surface area contributed by atoms with Gasteiger partial charge < -0.3 is 10.6 Å². The van der Waals surface area contributed by atoms with Gasteiger partial charge in [0, 0.05) is 24.2 Å². The minimum Gasteiger partial charge on any atom is -0.384 e. The monoisotopic (exact) mass is 222 g/mol. The van der Waals surface area contributed by atoms with E-state index < -0.39 is 0 Å². The molecule has 0 bridgehead atoms. The van der Waals surface area contributed by atoms with Crippen LogP contribution in [0.25, 0.3) is 0 Å². The second-order valence-electron chi connectivity index (χ2n) is 4.85. The molecule has 0 spiro atoms. The van der Waals surface area contributed by atoms with Crippen LogP contribution in [0.15, 0.2) is 18.2 Å². The number of rotatable bonds is 5. The average molecular weight is 222 g/mol. The predicted molar refractivity (Wildman–Crippen MR) is 65.2 cm³/mol. The number of hydrogen-bond acceptors (Lipinski definition) is 2. The summed E-state index contributed by atoms with van der Waals surface area (Å²) in [5.41, 5.74) is 2.14. The first-order chi connectivity index (χ1) is 7.65. The summed E-state index contributed by atoms with van der Waals surface area (Å²) in [6.45, 7) is 3.82. The fourth-order valence-electron chi connectivity index (χ4n) is 2.01. The van der Waals surface area contributed by atoms with Crippen molar-refractivity contribution in [2.24, 2.45) is 5.41 Å². The molecule has 1 aliphatic rings. The molecular formula is C13H19FN2. The maximum atomic E-state index is 13.1. The minimum absolute atomic E-state index is 0.137. The topological polar surface area (TPSA) is 24.1 Å². The van der Waals surface area contributed by atoms with E-state index in [-0.39, 0.29) is 5.82 Å². The van der Waals surface area contributed by atoms with E-state index in [4.69, 9.17) is 0 Å². The van der Waals surface area contributed by atoms with E-state index >= 15 is 0 Å². The molecule has 0 aromatic heterocycles. The summed E-state index contributed by atoms with van der Waals surface area (Å²) in [7, 11) is 1.99. The fraction of sp³-hybridized carbons (Fsp3) is 0.538. The molecule has 0 radical (unpaired) electrons. The molecule has 16 heavy (non-hydrogen) atoms. The number of benzene rings is 1. The molecule has 0 saturated heterocycles. The lowest BCUT2D eigenvalue weighted by molar-refractivity contribution is 0.507. The van der Waals surface area contributed by atoms with Crippen LogP contribution in [0, 0.1) is 18.2 Å². The summed E-state index contributed by atoms with van der Waals surface area (Å²) in [5, 5.41) is 6.62. The van der Waals surface area contributed by atoms with Crippen LogP contribution in [0.4, 0.5) is 10.1 Å². The highest BCUT2D eigenvalue weighted by Gasteiger charge is 2.41. The standard InChI is InChI=1S/C13H19FN2/c1-10-7-11(3-4-12(10)14)16-9-13(5-6-13)8-15-2/h3-4,7,15-16H,5-6,8-9H2,1-2H3. The van der Waals surface area contributed by atoms with E-state index in [1.807, 2.05) is 13.1 Å². The van der Waals surface area contributed by atoms with Crippen molar-refractivity contribution in [3.8, 4) is 0 Å². The first-order valence-corrected chi connectivity index (χ1v) is 5.80. The smallest absolute Gasteiger partial charge is 0.126 e. The van der Waals surface area contributed by atoms with Gasteiger partial charge in [-0.2, -0.15) is 0 Å². The molecule has 1 aromatic rings. The molecule has 2 rings (SSSR count). The summed E-state index contributed by atoms with van der Waals surface area (Å²) in [6, 6.07) is 5.19. The van der Waals surface area contributed by atoms with Gasteiger partial charge in [0.05, 0.1) is 0 Å². The van der Waals surface area contributed by atoms with Gasteiger partial charge >= 0.3 is 0 Å². The molecule has 3 heteroatoms. The molecule has 0 aliphatic heterocycles. The van der Waals surface area contributed by atoms with Gasteiger partial charge in [0.1, 0.15) is 5.82 Å². The van der Waals surface area contributed by atoms with Crippen LogP contribution in [0.2, 0.25) is 0 Å². The Balaban J connectivity index is 1.92. The van der Waals surface area contributed by atoms with E-state index in [0.29, 0.717) is 11.0 Å². The Morgan fingerprint density at radius 1 is 1.31 bits per heavy atom. The molecule has 1 saturated carbocycles. The number of aryl methyl sites for hydroxylation is 1. The van der Waals surface area contributed by atoms with E-state index in [1.54, 1.807) is 13.0 Å². The third-order valence-electron chi connectivity index (χ3n) is 3.33. The number of anilines is 1. The van der Waals surface area contributed by atoms with Gasteiger partial charge in [0.15, 0.2) is 0 Å². The Bertz CT molecular complexity index is 372. The second-order valence-corrected chi connectivity index (χ2v) is 4.85. The van der Waals surface area contributed by atoms with Crippen molar-refractivity contribution in [2.75, 3.05) is 25.5 Å². The van der Waals surface area contributed by atoms with E-state index in [0.717, 1.165) is 18.8 Å². The molecule has 88 valence electrons. The van der Waals surface area contributed by atoms with Crippen molar-refractivity contribution >= 4 is 5.69 Å². The lowest BCUT2D eigenvalue weighted by Gasteiger charge is -2.16. The number of hydrogen-bond donors (Lipinski definition) is 2. The maximum Gasteiger partial charge on any atom is 0.126 e. The van der Waals surface area contributed by atoms with E-state index in [2.05, 4.69) is 10.6 Å². The molecular weight excluding hydrogens is 203 g/mol. The number of halogens is 1. The van der Waals surface area contributed by atoms with Crippen LogP contribution >= 0.6 is 0 Å². The second kappa shape index (κ2) is 4.42. The highest BCUT2D eigenvalue weighted by Crippen LogP contribution is 2.44. The third-order valence-corrected chi connectivity index (χ3v) is 3.33. The molecule has 2 N–H and O–H groups in total. The summed E-state index contributed by atoms with van der Waals surface area (Å²) in [6.07, 6.45) is 2.56. The third kappa shape index (κ3) is 2.53. The van der Waals surface area contributed by atoms with Crippen molar-refractivity contribution in [2.45, 2.75) is 19.8 Å². The Hall–Kier alpha value is -1.09. The zero-order valence-electron chi connectivity index (χ0n) is 9.94. The Morgan fingerprint density at radius 3 is 2.62 bits per heavy atom. The van der Waals surface area contributed by atoms with Gasteiger partial charge in [-0.05, 0) is 50.6 Å². The van der Waals surface area contributed by atoms with Gasteiger partial charge in [-0.3, -0.25) is 0 Å². The SMILES string of the molecule is CNCC1(CNc2ccc(F)c(C)c2)CC1. The Labute approximate surface area is 96.2 Å². The highest BCUT2D eigenvalue weighted by atomic mass is 19.1. The molecule has 1 aliphatic carbocycles. The maximum absolute atomic E-state index is 13.1. The van der Waals surface area contributed by atoms with Crippen LogP contribution in [-0.4, -0.2) is 20.1 Å². The summed E-state index contributed by atoms with van der Waals surface area (Å²) in [5.74, 6) is -0.137. The Kier molecular flexibility index (Phi) is 3.15. The molecule has 1 aromatic carbocycles. The lowest BCUT2D eigenvalue weighted by Crippen LogP contribution is -2.26. The van der Waals surface area contributed by atoms with Crippen molar-refractivity contribution in [3.05, 3.63) is 29.6 Å². The normalized spacial score (nSPS) is 17.2. The summed E-state index contributed by atoms with van der Waals surface area (Å²) >= 11 is 0. The lowest BCUT2D eigenvalue weighted by atomic mass is 10.1. The number of nitrogens with one attached hydrogen (secondary N) is 2. The van der Waals surface area contributed by atoms with Crippen molar-refractivity contribution < 1.29 is 4.39 Å². The molecule has 0 heterocycles. The average Bonchev–Trinajstić information content (AvgIpc) is 3.01. The van der Waals surface area contributed by atoms with Crippen molar-refractivity contribution in [1.29, 1.82) is 0 Å². The minimum atomic E-state index is -0.137. The van der Waals surface area contributed by atoms with Crippen LogP contribution in [0.1, 0.15) is 18.4 Å². The Morgan fingerprint density at radius 2 is 2.06 bits per heavy atom. The molecule has 1 fully saturated rings. The predicted octanol–water partition coefficient (Wildman–Crippen LogP) is 2.55. The van der Waals surface area contributed by atoms with Crippen molar-refractivity contribution in [1.82, 2.24) is 5.32 Å². The van der Waals surface area contributed by atoms with Gasteiger partial charge in [0.25, 0.3) is 0 Å². The molecule has 0 unspecified atom stereocenters. The van der Waals surface area contributed by atoms with Gasteiger partial charge in [-0.25, -0.2) is 4.39 Å². The van der Waals surface area contributed by atoms with Crippen molar-refractivity contribution in [3.63, 3.8) is 0 Å². The van der Waals surface area contributed by atoms with Crippen LogP contribution in [0.5, 0.6) is 0 Å². The van der Waals surface area contributed by atoms with Crippen LogP contribution in [-0.2, 0) is 0 Å². The molecule has 0 amide bonds. The van der Waals surface area contributed by atoms with Gasteiger partial charge in [0.2, 0.25) is 0 Å². The van der Waals surface area contributed by atoms with Gasteiger partial charge in [-0.1, -0.05) is 0 Å². The van der Waals surface area contributed by atoms with E-state index in [1.165, 1.54) is 18.9 Å². The fourth-order valence-corrected chi connectivity index (χ4v) is 2.01. The van der Waals surface area contributed by atoms with Crippen LogP contribution < -0.4 is 10.6 Å². The largest absolute Gasteiger partial charge is 0.384 e. The van der Waals surface area contributed by atoms with Crippen LogP contribution in [0.3, 0.4) is 0 Å². The first-order valence-electron chi connectivity index (χ1n) is 5.80. The van der Waals surface area contributed by atoms with Gasteiger partial charge in [-0.15, -0.1) is 0 Å². The summed E-state index contributed by atoms with van der Waals surface area (Å²) < 4.78 is 13.1. The zero-order valence-corrected chi connectivity index (χ0v) is 9.94. The first kappa shape index (κ1) is 11.4. The quantitative estimate of drug-likeness (QED) is 0.800. The summed E-state index contributed by atoms with van der Waals surface area (Å²) in [4.78, 5) is 0. The zero-order chi connectivity index (χ0) is 11.6. The highest BCUT2D eigenvalue weighted by molar-refractivity contribution is 5.46. The molecule has 2 nitrogen and oxygen atoms in total. The van der Waals surface area contributed by atoms with E-state index in [9.17, 15) is 4.39 Å².